The van der Waals surface area contributed by atoms with Gasteiger partial charge in [0.2, 0.25) is 0 Å². The average Bonchev–Trinajstić information content (AvgIpc) is 2.81. The zero-order valence-corrected chi connectivity index (χ0v) is 14.1. The van der Waals surface area contributed by atoms with E-state index in [4.69, 9.17) is 4.74 Å². The third-order valence-corrected chi connectivity index (χ3v) is 3.96. The van der Waals surface area contributed by atoms with E-state index in [1.807, 2.05) is 0 Å². The third-order valence-electron chi connectivity index (χ3n) is 3.96. The molecule has 0 aliphatic rings. The van der Waals surface area contributed by atoms with Gasteiger partial charge < -0.3 is 10.1 Å². The van der Waals surface area contributed by atoms with Crippen LogP contribution < -0.4 is 5.32 Å². The van der Waals surface area contributed by atoms with Gasteiger partial charge in [0.25, 0.3) is 5.91 Å². The van der Waals surface area contributed by atoms with Crippen LogP contribution in [0.5, 0.6) is 0 Å². The van der Waals surface area contributed by atoms with Gasteiger partial charge in [0.1, 0.15) is 5.82 Å². The maximum Gasteiger partial charge on any atom is 0.314 e. The minimum absolute atomic E-state index is 0.0465. The van der Waals surface area contributed by atoms with E-state index in [1.54, 1.807) is 25.6 Å². The largest absolute Gasteiger partial charge is 0.468 e. The van der Waals surface area contributed by atoms with Crippen molar-refractivity contribution in [2.45, 2.75) is 19.8 Å². The van der Waals surface area contributed by atoms with Crippen molar-refractivity contribution in [3.8, 4) is 0 Å². The van der Waals surface area contributed by atoms with Crippen molar-refractivity contribution < 1.29 is 18.7 Å². The van der Waals surface area contributed by atoms with Crippen molar-refractivity contribution >= 4 is 11.9 Å². The van der Waals surface area contributed by atoms with Crippen LogP contribution in [0.4, 0.5) is 4.39 Å². The highest BCUT2D eigenvalue weighted by molar-refractivity contribution is 5.96. The van der Waals surface area contributed by atoms with E-state index in [9.17, 15) is 14.0 Å². The molecular formula is C17H20FN3O3. The molecule has 1 amide bonds. The van der Waals surface area contributed by atoms with E-state index in [1.165, 1.54) is 31.4 Å². The quantitative estimate of drug-likeness (QED) is 0.848. The number of aryl methyl sites for hydroxylation is 2. The lowest BCUT2D eigenvalue weighted by Crippen LogP contribution is -2.32. The first kappa shape index (κ1) is 17.7. The Bertz CT molecular complexity index is 753. The van der Waals surface area contributed by atoms with Crippen LogP contribution in [0.1, 0.15) is 33.2 Å². The number of ether oxygens (including phenoxy) is 1. The van der Waals surface area contributed by atoms with Crippen LogP contribution in [-0.4, -0.2) is 35.3 Å². The van der Waals surface area contributed by atoms with Gasteiger partial charge in [0, 0.05) is 19.3 Å². The molecule has 1 aromatic heterocycles. The number of halogens is 1. The fraction of sp³-hybridized carbons (Fsp3) is 0.353. The molecule has 24 heavy (non-hydrogen) atoms. The number of aromatic nitrogens is 2. The van der Waals surface area contributed by atoms with Crippen LogP contribution in [0.25, 0.3) is 0 Å². The smallest absolute Gasteiger partial charge is 0.314 e. The van der Waals surface area contributed by atoms with Gasteiger partial charge in [-0.05, 0) is 31.5 Å². The van der Waals surface area contributed by atoms with Crippen molar-refractivity contribution in [1.82, 2.24) is 15.1 Å². The Kier molecular flexibility index (Phi) is 5.33. The Balaban J connectivity index is 2.17. The van der Waals surface area contributed by atoms with Crippen molar-refractivity contribution in [2.75, 3.05) is 13.7 Å². The lowest BCUT2D eigenvalue weighted by molar-refractivity contribution is -0.142. The number of carbonyl (C=O) groups excluding carboxylic acids is 2. The zero-order chi connectivity index (χ0) is 17.9. The fourth-order valence-electron chi connectivity index (χ4n) is 2.56. The van der Waals surface area contributed by atoms with Crippen LogP contribution in [0.15, 0.2) is 24.3 Å². The molecular weight excluding hydrogens is 313 g/mol. The molecule has 1 heterocycles. The number of nitrogens with zero attached hydrogens (tertiary/aromatic N) is 2. The van der Waals surface area contributed by atoms with E-state index in [-0.39, 0.29) is 12.5 Å². The van der Waals surface area contributed by atoms with Gasteiger partial charge in [-0.3, -0.25) is 14.3 Å². The summed E-state index contributed by atoms with van der Waals surface area (Å²) >= 11 is 0. The number of methoxy groups -OCH3 is 1. The second kappa shape index (κ2) is 7.25. The van der Waals surface area contributed by atoms with Crippen molar-refractivity contribution in [3.63, 3.8) is 0 Å². The Hall–Kier alpha value is -2.70. The third kappa shape index (κ3) is 3.61. The number of hydrogen-bond donors (Lipinski definition) is 1. The molecule has 1 N–H and O–H groups in total. The standard InChI is InChI=1S/C17H20FN3O3/c1-10-15(11(2)21(3)20-10)16(22)19-9-14(17(23)24-4)12-5-7-13(18)8-6-12/h5-8,14H,9H2,1-4H3,(H,19,22). The van der Waals surface area contributed by atoms with Gasteiger partial charge in [0.15, 0.2) is 0 Å². The highest BCUT2D eigenvalue weighted by atomic mass is 19.1. The van der Waals surface area contributed by atoms with E-state index in [2.05, 4.69) is 10.4 Å². The molecule has 2 aromatic rings. The van der Waals surface area contributed by atoms with Crippen LogP contribution >= 0.6 is 0 Å². The molecule has 2 rings (SSSR count). The highest BCUT2D eigenvalue weighted by Crippen LogP contribution is 2.18. The molecule has 7 heteroatoms. The molecule has 0 aliphatic heterocycles. The molecule has 0 fully saturated rings. The lowest BCUT2D eigenvalue weighted by atomic mass is 9.99. The molecule has 0 bridgehead atoms. The summed E-state index contributed by atoms with van der Waals surface area (Å²) < 4.78 is 19.5. The molecule has 0 saturated carbocycles. The van der Waals surface area contributed by atoms with Crippen molar-refractivity contribution in [2.24, 2.45) is 7.05 Å². The van der Waals surface area contributed by atoms with E-state index >= 15 is 0 Å². The van der Waals surface area contributed by atoms with Crippen LogP contribution in [0.3, 0.4) is 0 Å². The summed E-state index contributed by atoms with van der Waals surface area (Å²) in [5.41, 5.74) is 2.41. The van der Waals surface area contributed by atoms with Gasteiger partial charge in [-0.25, -0.2) is 4.39 Å². The Morgan fingerprint density at radius 3 is 2.42 bits per heavy atom. The molecule has 1 atom stereocenters. The maximum absolute atomic E-state index is 13.1. The first-order chi connectivity index (χ1) is 11.3. The highest BCUT2D eigenvalue weighted by Gasteiger charge is 2.24. The number of carbonyl (C=O) groups is 2. The molecule has 128 valence electrons. The SMILES string of the molecule is COC(=O)C(CNC(=O)c1c(C)nn(C)c1C)c1ccc(F)cc1. The molecule has 1 aromatic carbocycles. The molecule has 0 saturated heterocycles. The molecule has 1 unspecified atom stereocenters. The van der Waals surface area contributed by atoms with E-state index in [0.717, 1.165) is 5.69 Å². The van der Waals surface area contributed by atoms with E-state index in [0.29, 0.717) is 16.8 Å². The van der Waals surface area contributed by atoms with Crippen molar-refractivity contribution in [1.29, 1.82) is 0 Å². The molecule has 6 nitrogen and oxygen atoms in total. The monoisotopic (exact) mass is 333 g/mol. The number of nitrogens with one attached hydrogen (secondary N) is 1. The summed E-state index contributed by atoms with van der Waals surface area (Å²) in [5.74, 6) is -1.92. The molecule has 0 aliphatic carbocycles. The number of rotatable bonds is 5. The summed E-state index contributed by atoms with van der Waals surface area (Å²) in [6.07, 6.45) is 0. The first-order valence-electron chi connectivity index (χ1n) is 7.46. The van der Waals surface area contributed by atoms with Gasteiger partial charge in [-0.15, -0.1) is 0 Å². The maximum atomic E-state index is 13.1. The first-order valence-corrected chi connectivity index (χ1v) is 7.46. The predicted octanol–water partition coefficient (Wildman–Crippen LogP) is 1.86. The summed E-state index contributed by atoms with van der Waals surface area (Å²) in [5, 5.41) is 6.94. The summed E-state index contributed by atoms with van der Waals surface area (Å²) in [6.45, 7) is 3.59. The van der Waals surface area contributed by atoms with Crippen molar-refractivity contribution in [3.05, 3.63) is 52.6 Å². The average molecular weight is 333 g/mol. The molecule has 0 radical (unpaired) electrons. The Labute approximate surface area is 139 Å². The number of amides is 1. The number of benzene rings is 1. The van der Waals surface area contributed by atoms with Crippen LogP contribution in [-0.2, 0) is 16.6 Å². The lowest BCUT2D eigenvalue weighted by Gasteiger charge is -2.16. The van der Waals surface area contributed by atoms with Gasteiger partial charge in [-0.1, -0.05) is 12.1 Å². The normalized spacial score (nSPS) is 11.9. The Morgan fingerprint density at radius 1 is 1.29 bits per heavy atom. The zero-order valence-electron chi connectivity index (χ0n) is 14.1. The van der Waals surface area contributed by atoms with Crippen LogP contribution in [0, 0.1) is 19.7 Å². The van der Waals surface area contributed by atoms with Crippen LogP contribution in [0.2, 0.25) is 0 Å². The number of hydrogen-bond acceptors (Lipinski definition) is 4. The van der Waals surface area contributed by atoms with E-state index < -0.39 is 17.7 Å². The Morgan fingerprint density at radius 2 is 1.92 bits per heavy atom. The fourth-order valence-corrected chi connectivity index (χ4v) is 2.56. The van der Waals surface area contributed by atoms with Gasteiger partial charge >= 0.3 is 5.97 Å². The second-order valence-corrected chi connectivity index (χ2v) is 5.51. The van der Waals surface area contributed by atoms with Gasteiger partial charge in [-0.2, -0.15) is 5.10 Å². The summed E-state index contributed by atoms with van der Waals surface area (Å²) in [7, 11) is 3.03. The molecule has 0 spiro atoms. The minimum Gasteiger partial charge on any atom is -0.468 e. The summed E-state index contributed by atoms with van der Waals surface area (Å²) in [6, 6.07) is 5.54. The minimum atomic E-state index is -0.711. The topological polar surface area (TPSA) is 73.2 Å². The predicted molar refractivity (Wildman–Crippen MR) is 86.2 cm³/mol. The van der Waals surface area contributed by atoms with Gasteiger partial charge in [0.05, 0.1) is 24.3 Å². The number of esters is 1. The second-order valence-electron chi connectivity index (χ2n) is 5.51. The summed E-state index contributed by atoms with van der Waals surface area (Å²) in [4.78, 5) is 24.4.